The van der Waals surface area contributed by atoms with E-state index < -0.39 is 52.4 Å². The van der Waals surface area contributed by atoms with Crippen LogP contribution in [0.1, 0.15) is 63.0 Å². The second kappa shape index (κ2) is 19.4. The van der Waals surface area contributed by atoms with Gasteiger partial charge in [-0.1, -0.05) is 43.1 Å². The Kier molecular flexibility index (Phi) is 15.2. The minimum atomic E-state index is -3.43. The quantitative estimate of drug-likeness (QED) is 0.0684. The van der Waals surface area contributed by atoms with Gasteiger partial charge < -0.3 is 39.9 Å². The molecule has 2 saturated carbocycles. The first-order valence-electron chi connectivity index (χ1n) is 18.5. The second-order valence-electron chi connectivity index (χ2n) is 13.9. The van der Waals surface area contributed by atoms with E-state index in [1.165, 1.54) is 6.92 Å². The molecule has 296 valence electrons. The Morgan fingerprint density at radius 1 is 1.02 bits per heavy atom. The van der Waals surface area contributed by atoms with E-state index in [-0.39, 0.29) is 30.7 Å². The molecule has 1 aromatic heterocycles. The van der Waals surface area contributed by atoms with Crippen molar-refractivity contribution in [3.63, 3.8) is 0 Å². The molecule has 5 rings (SSSR count). The number of hydrogen-bond donors (Lipinski definition) is 5. The fourth-order valence-electron chi connectivity index (χ4n) is 6.07. The number of hydrogen-bond acceptors (Lipinski definition) is 12. The van der Waals surface area contributed by atoms with Crippen molar-refractivity contribution in [2.75, 3.05) is 37.0 Å². The van der Waals surface area contributed by atoms with Crippen molar-refractivity contribution in [3.8, 4) is 16.9 Å². The molecule has 0 spiro atoms. The number of aliphatic hydroxyl groups excluding tert-OH is 5. The number of carbonyl (C=O) groups is 1. The molecular formula is C39H51ClN2O10S2. The number of halogens is 1. The van der Waals surface area contributed by atoms with E-state index in [0.29, 0.717) is 24.5 Å². The lowest BCUT2D eigenvalue weighted by molar-refractivity contribution is -0.158. The third kappa shape index (κ3) is 11.4. The highest BCUT2D eigenvalue weighted by molar-refractivity contribution is 7.99. The molecule has 2 aliphatic rings. The average molecular weight is 807 g/mol. The Morgan fingerprint density at radius 3 is 2.48 bits per heavy atom. The number of aliphatic hydroxyl groups is 5. The van der Waals surface area contributed by atoms with Crippen molar-refractivity contribution in [2.24, 2.45) is 0 Å². The van der Waals surface area contributed by atoms with Crippen molar-refractivity contribution >= 4 is 39.1 Å². The van der Waals surface area contributed by atoms with Crippen LogP contribution in [0.3, 0.4) is 0 Å². The number of benzene rings is 2. The molecule has 1 amide bonds. The number of unbranched alkanes of at least 4 members (excludes halogenated alkanes) is 2. The van der Waals surface area contributed by atoms with Crippen LogP contribution < -0.4 is 4.74 Å². The number of thioether (sulfide) groups is 1. The largest absolute Gasteiger partial charge is 0.490 e. The molecule has 4 atom stereocenters. The standard InChI is InChI=1S/C39H51ClN2O10S2/c1-2-54(49,50)21-19-42(38(48)37(47)36(46)35(45)33(44)24-43)18-6-3-7-20-53-28-12-13-32(40)26(22-28)25-51-39(15-16-39)31-23-41-17-14-29(31)30-8-4-5-9-34(30)52-27-10-11-27/h4-5,8-9,12-14,17,22-23,27,33,35-37,43-47H,2-3,6-7,10-11,15-16,18-21,24-25H2,1H3/t33-,35+,36-,37-/m0/s1. The van der Waals surface area contributed by atoms with Gasteiger partial charge in [-0.3, -0.25) is 9.78 Å². The average Bonchev–Trinajstić information content (AvgIpc) is 4.14. The Labute approximate surface area is 326 Å². The van der Waals surface area contributed by atoms with Crippen molar-refractivity contribution in [2.45, 2.75) is 99.5 Å². The molecule has 0 bridgehead atoms. The van der Waals surface area contributed by atoms with Gasteiger partial charge in [0, 0.05) is 52.3 Å². The summed E-state index contributed by atoms with van der Waals surface area (Å²) in [7, 11) is -3.43. The van der Waals surface area contributed by atoms with Crippen LogP contribution in [0.2, 0.25) is 5.02 Å². The molecule has 0 saturated heterocycles. The molecule has 12 nitrogen and oxygen atoms in total. The number of ether oxygens (including phenoxy) is 2. The number of rotatable bonds is 23. The number of pyridine rings is 1. The summed E-state index contributed by atoms with van der Waals surface area (Å²) < 4.78 is 37.2. The van der Waals surface area contributed by atoms with Gasteiger partial charge in [-0.05, 0) is 85.7 Å². The molecular weight excluding hydrogens is 756 g/mol. The molecule has 1 heterocycles. The summed E-state index contributed by atoms with van der Waals surface area (Å²) in [6.07, 6.45) is 1.89. The van der Waals surface area contributed by atoms with Gasteiger partial charge in [-0.15, -0.1) is 11.8 Å². The summed E-state index contributed by atoms with van der Waals surface area (Å²) in [6.45, 7) is 0.854. The van der Waals surface area contributed by atoms with Gasteiger partial charge in [0.05, 0.1) is 30.7 Å². The highest BCUT2D eigenvalue weighted by Gasteiger charge is 2.48. The van der Waals surface area contributed by atoms with Crippen molar-refractivity contribution in [1.29, 1.82) is 0 Å². The minimum absolute atomic E-state index is 0.116. The van der Waals surface area contributed by atoms with Gasteiger partial charge in [-0.25, -0.2) is 8.42 Å². The normalized spacial score (nSPS) is 17.4. The maximum atomic E-state index is 13.0. The van der Waals surface area contributed by atoms with Crippen molar-refractivity contribution in [1.82, 2.24) is 9.88 Å². The first kappa shape index (κ1) is 42.4. The first-order chi connectivity index (χ1) is 25.9. The number of sulfone groups is 1. The number of amides is 1. The predicted octanol–water partition coefficient (Wildman–Crippen LogP) is 4.11. The Hall–Kier alpha value is -2.79. The Morgan fingerprint density at radius 2 is 1.78 bits per heavy atom. The molecule has 0 aliphatic heterocycles. The lowest BCUT2D eigenvalue weighted by Crippen LogP contribution is -2.53. The topological polar surface area (TPSA) is 187 Å². The number of para-hydroxylation sites is 1. The van der Waals surface area contributed by atoms with Crippen LogP contribution in [0.5, 0.6) is 5.75 Å². The molecule has 2 aromatic carbocycles. The van der Waals surface area contributed by atoms with Crippen LogP contribution in [0.15, 0.2) is 65.8 Å². The van der Waals surface area contributed by atoms with Gasteiger partial charge in [0.25, 0.3) is 5.91 Å². The second-order valence-corrected chi connectivity index (χ2v) is 18.0. The van der Waals surface area contributed by atoms with Crippen molar-refractivity contribution in [3.05, 3.63) is 77.1 Å². The van der Waals surface area contributed by atoms with Crippen LogP contribution in [-0.2, 0) is 31.6 Å². The fraction of sp³-hybridized carbons (Fsp3) is 0.538. The molecule has 2 aliphatic carbocycles. The van der Waals surface area contributed by atoms with Gasteiger partial charge in [0.15, 0.2) is 15.9 Å². The summed E-state index contributed by atoms with van der Waals surface area (Å²) in [5.74, 6) is 0.220. The molecule has 54 heavy (non-hydrogen) atoms. The number of nitrogens with zero attached hydrogens (tertiary/aromatic N) is 2. The van der Waals surface area contributed by atoms with E-state index in [9.17, 15) is 33.6 Å². The maximum Gasteiger partial charge on any atom is 0.254 e. The number of aromatic nitrogens is 1. The van der Waals surface area contributed by atoms with Crippen LogP contribution >= 0.6 is 23.4 Å². The third-order valence-corrected chi connectivity index (χ3v) is 12.9. The highest BCUT2D eigenvalue weighted by atomic mass is 35.5. The molecule has 0 unspecified atom stereocenters. The molecule has 0 radical (unpaired) electrons. The van der Waals surface area contributed by atoms with Crippen LogP contribution in [0, 0.1) is 0 Å². The van der Waals surface area contributed by atoms with Gasteiger partial charge in [-0.2, -0.15) is 0 Å². The Balaban J connectivity index is 1.14. The van der Waals surface area contributed by atoms with Gasteiger partial charge in [0.2, 0.25) is 0 Å². The maximum absolute atomic E-state index is 13.0. The minimum Gasteiger partial charge on any atom is -0.490 e. The zero-order chi connectivity index (χ0) is 38.9. The van der Waals surface area contributed by atoms with E-state index in [1.54, 1.807) is 18.0 Å². The lowest BCUT2D eigenvalue weighted by atomic mass is 9.96. The van der Waals surface area contributed by atoms with E-state index in [2.05, 4.69) is 11.1 Å². The SMILES string of the molecule is CCS(=O)(=O)CCN(CCCCCSc1ccc(Cl)c(COC2(c3cnccc3-c3ccccc3OC3CC3)CC2)c1)C(=O)[C@@H](O)[C@@H](O)[C@H](O)[C@@H](O)CO. The number of carbonyl (C=O) groups excluding carboxylic acids is 1. The highest BCUT2D eigenvalue weighted by Crippen LogP contribution is 2.53. The zero-order valence-electron chi connectivity index (χ0n) is 30.4. The fourth-order valence-corrected chi connectivity index (χ4v) is 8.01. The summed E-state index contributed by atoms with van der Waals surface area (Å²) in [5.41, 5.74) is 3.54. The molecule has 5 N–H and O–H groups in total. The summed E-state index contributed by atoms with van der Waals surface area (Å²) >= 11 is 8.29. The van der Waals surface area contributed by atoms with Crippen LogP contribution in [-0.4, -0.2) is 117 Å². The smallest absolute Gasteiger partial charge is 0.254 e. The van der Waals surface area contributed by atoms with E-state index in [0.717, 1.165) is 75.7 Å². The summed E-state index contributed by atoms with van der Waals surface area (Å²) in [4.78, 5) is 19.7. The predicted molar refractivity (Wildman–Crippen MR) is 207 cm³/mol. The van der Waals surface area contributed by atoms with Gasteiger partial charge in [0.1, 0.15) is 24.1 Å². The third-order valence-electron chi connectivity index (χ3n) is 9.80. The molecule has 2 fully saturated rings. The molecule has 15 heteroatoms. The first-order valence-corrected chi connectivity index (χ1v) is 21.6. The van der Waals surface area contributed by atoms with E-state index >= 15 is 0 Å². The Bertz CT molecular complexity index is 1810. The summed E-state index contributed by atoms with van der Waals surface area (Å²) in [6, 6.07) is 16.0. The van der Waals surface area contributed by atoms with Crippen LogP contribution in [0.25, 0.3) is 11.1 Å². The van der Waals surface area contributed by atoms with Crippen molar-refractivity contribution < 1.29 is 48.2 Å². The van der Waals surface area contributed by atoms with E-state index in [4.69, 9.17) is 26.2 Å². The molecule has 3 aromatic rings. The van der Waals surface area contributed by atoms with E-state index in [1.807, 2.05) is 48.7 Å². The zero-order valence-corrected chi connectivity index (χ0v) is 32.8. The van der Waals surface area contributed by atoms with Gasteiger partial charge >= 0.3 is 0 Å². The monoisotopic (exact) mass is 806 g/mol. The summed E-state index contributed by atoms with van der Waals surface area (Å²) in [5, 5.41) is 49.9. The lowest BCUT2D eigenvalue weighted by Gasteiger charge is -2.30. The van der Waals surface area contributed by atoms with Crippen LogP contribution in [0.4, 0.5) is 0 Å².